The Balaban J connectivity index is 2.00. The second-order valence-electron chi connectivity index (χ2n) is 4.54. The molecule has 0 spiro atoms. The van der Waals surface area contributed by atoms with E-state index in [0.29, 0.717) is 35.1 Å². The van der Waals surface area contributed by atoms with Gasteiger partial charge in [0, 0.05) is 21.8 Å². The zero-order valence-electron chi connectivity index (χ0n) is 10.2. The Morgan fingerprint density at radius 3 is 2.68 bits per heavy atom. The average Bonchev–Trinajstić information content (AvgIpc) is 2.85. The molecule has 2 N–H and O–H groups in total. The number of halogens is 1. The summed E-state index contributed by atoms with van der Waals surface area (Å²) >= 11 is 5.84. The molecule has 1 heterocycles. The number of nitrogen functional groups attached to an aromatic ring is 1. The molecule has 0 amide bonds. The number of ketones is 1. The summed E-state index contributed by atoms with van der Waals surface area (Å²) in [5.74, 6) is -0.0936. The van der Waals surface area contributed by atoms with Gasteiger partial charge < -0.3 is 10.5 Å². The van der Waals surface area contributed by atoms with Crippen LogP contribution in [0.5, 0.6) is 0 Å². The lowest BCUT2D eigenvalue weighted by molar-refractivity contribution is 0.103. The Labute approximate surface area is 115 Å². The van der Waals surface area contributed by atoms with Crippen molar-refractivity contribution in [2.75, 3.05) is 5.73 Å². The van der Waals surface area contributed by atoms with Crippen molar-refractivity contribution < 1.29 is 9.53 Å². The van der Waals surface area contributed by atoms with E-state index in [4.69, 9.17) is 22.1 Å². The maximum absolute atomic E-state index is 12.4. The molecule has 4 heteroatoms. The quantitative estimate of drug-likeness (QED) is 0.675. The summed E-state index contributed by atoms with van der Waals surface area (Å²) in [6.45, 7) is 1.18. The van der Waals surface area contributed by atoms with Crippen LogP contribution >= 0.6 is 11.6 Å². The molecule has 0 aromatic heterocycles. The van der Waals surface area contributed by atoms with Crippen molar-refractivity contribution in [1.82, 2.24) is 0 Å². The van der Waals surface area contributed by atoms with Crippen LogP contribution in [0.2, 0.25) is 5.02 Å². The van der Waals surface area contributed by atoms with Crippen LogP contribution in [0.15, 0.2) is 36.4 Å². The van der Waals surface area contributed by atoms with Crippen LogP contribution in [0.1, 0.15) is 27.0 Å². The molecule has 0 radical (unpaired) electrons. The third-order valence-electron chi connectivity index (χ3n) is 3.24. The van der Waals surface area contributed by atoms with Crippen molar-refractivity contribution in [2.24, 2.45) is 0 Å². The largest absolute Gasteiger partial charge is 0.398 e. The van der Waals surface area contributed by atoms with Gasteiger partial charge in [0.05, 0.1) is 13.2 Å². The molecule has 0 aliphatic carbocycles. The van der Waals surface area contributed by atoms with Gasteiger partial charge in [-0.25, -0.2) is 0 Å². The fourth-order valence-corrected chi connectivity index (χ4v) is 2.39. The first kappa shape index (κ1) is 12.2. The van der Waals surface area contributed by atoms with Gasteiger partial charge in [-0.1, -0.05) is 23.7 Å². The van der Waals surface area contributed by atoms with Gasteiger partial charge in [-0.3, -0.25) is 4.79 Å². The molecule has 1 aliphatic rings. The van der Waals surface area contributed by atoms with Gasteiger partial charge in [0.2, 0.25) is 0 Å². The molecule has 1 aliphatic heterocycles. The first-order valence-electron chi connectivity index (χ1n) is 5.94. The lowest BCUT2D eigenvalue weighted by atomic mass is 9.98. The summed E-state index contributed by atoms with van der Waals surface area (Å²) < 4.78 is 5.34. The van der Waals surface area contributed by atoms with Crippen molar-refractivity contribution in [3.63, 3.8) is 0 Å². The highest BCUT2D eigenvalue weighted by atomic mass is 35.5. The van der Waals surface area contributed by atoms with E-state index in [1.165, 1.54) is 0 Å². The predicted octanol–water partition coefficient (Wildman–Crippen LogP) is 3.18. The minimum atomic E-state index is -0.0936. The molecule has 3 nitrogen and oxygen atoms in total. The Bertz CT molecular complexity index is 667. The van der Waals surface area contributed by atoms with Crippen molar-refractivity contribution >= 4 is 23.1 Å². The standard InChI is InChI=1S/C15H12ClNO2/c16-12-3-4-13(14(17)6-12)15(18)9-1-2-10-7-19-8-11(10)5-9/h1-6H,7-8,17H2. The predicted molar refractivity (Wildman–Crippen MR) is 74.2 cm³/mol. The highest BCUT2D eigenvalue weighted by Crippen LogP contribution is 2.25. The number of ether oxygens (including phenoxy) is 1. The number of fused-ring (bicyclic) bond motifs is 1. The molecule has 0 bridgehead atoms. The molecule has 19 heavy (non-hydrogen) atoms. The number of benzene rings is 2. The third kappa shape index (κ3) is 2.23. The summed E-state index contributed by atoms with van der Waals surface area (Å²) in [6, 6.07) is 10.5. The molecule has 2 aromatic rings. The van der Waals surface area contributed by atoms with Gasteiger partial charge in [0.15, 0.2) is 5.78 Å². The smallest absolute Gasteiger partial charge is 0.195 e. The van der Waals surface area contributed by atoms with Crippen molar-refractivity contribution in [3.8, 4) is 0 Å². The van der Waals surface area contributed by atoms with Gasteiger partial charge in [-0.05, 0) is 35.4 Å². The summed E-state index contributed by atoms with van der Waals surface area (Å²) in [4.78, 5) is 12.4. The van der Waals surface area contributed by atoms with Crippen LogP contribution < -0.4 is 5.73 Å². The van der Waals surface area contributed by atoms with Gasteiger partial charge >= 0.3 is 0 Å². The monoisotopic (exact) mass is 273 g/mol. The molecule has 0 saturated heterocycles. The molecule has 0 saturated carbocycles. The van der Waals surface area contributed by atoms with E-state index in [0.717, 1.165) is 11.1 Å². The van der Waals surface area contributed by atoms with Crippen LogP contribution in [0, 0.1) is 0 Å². The Morgan fingerprint density at radius 1 is 1.11 bits per heavy atom. The van der Waals surface area contributed by atoms with Crippen molar-refractivity contribution in [2.45, 2.75) is 13.2 Å². The lowest BCUT2D eigenvalue weighted by Crippen LogP contribution is -2.06. The zero-order chi connectivity index (χ0) is 13.4. The Hall–Kier alpha value is -1.84. The maximum atomic E-state index is 12.4. The molecule has 0 fully saturated rings. The number of rotatable bonds is 2. The van der Waals surface area contributed by atoms with E-state index in [1.807, 2.05) is 18.2 Å². The van der Waals surface area contributed by atoms with Crippen LogP contribution in [0.3, 0.4) is 0 Å². The lowest BCUT2D eigenvalue weighted by Gasteiger charge is -2.06. The summed E-state index contributed by atoms with van der Waals surface area (Å²) in [6.07, 6.45) is 0. The van der Waals surface area contributed by atoms with Gasteiger partial charge in [-0.2, -0.15) is 0 Å². The van der Waals surface area contributed by atoms with E-state index in [1.54, 1.807) is 18.2 Å². The fourth-order valence-electron chi connectivity index (χ4n) is 2.21. The Kier molecular flexibility index (Phi) is 3.01. The molecular formula is C15H12ClNO2. The van der Waals surface area contributed by atoms with Crippen LogP contribution in [-0.2, 0) is 18.0 Å². The number of nitrogens with two attached hydrogens (primary N) is 1. The van der Waals surface area contributed by atoms with Crippen LogP contribution in [0.25, 0.3) is 0 Å². The topological polar surface area (TPSA) is 52.3 Å². The molecule has 0 unspecified atom stereocenters. The second-order valence-corrected chi connectivity index (χ2v) is 4.97. The average molecular weight is 274 g/mol. The van der Waals surface area contributed by atoms with Crippen LogP contribution in [-0.4, -0.2) is 5.78 Å². The van der Waals surface area contributed by atoms with Gasteiger partial charge in [0.1, 0.15) is 0 Å². The van der Waals surface area contributed by atoms with E-state index in [-0.39, 0.29) is 5.78 Å². The van der Waals surface area contributed by atoms with E-state index in [9.17, 15) is 4.79 Å². The molecule has 3 rings (SSSR count). The molecule has 2 aromatic carbocycles. The molecule has 96 valence electrons. The Morgan fingerprint density at radius 2 is 1.89 bits per heavy atom. The fraction of sp³-hybridized carbons (Fsp3) is 0.133. The van der Waals surface area contributed by atoms with Crippen molar-refractivity contribution in [1.29, 1.82) is 0 Å². The van der Waals surface area contributed by atoms with Crippen molar-refractivity contribution in [3.05, 3.63) is 63.7 Å². The van der Waals surface area contributed by atoms with E-state index in [2.05, 4.69) is 0 Å². The number of hydrogen-bond donors (Lipinski definition) is 1. The third-order valence-corrected chi connectivity index (χ3v) is 3.48. The molecule has 0 atom stereocenters. The number of hydrogen-bond acceptors (Lipinski definition) is 3. The number of carbonyl (C=O) groups is 1. The maximum Gasteiger partial charge on any atom is 0.195 e. The second kappa shape index (κ2) is 4.68. The highest BCUT2D eigenvalue weighted by molar-refractivity contribution is 6.31. The highest BCUT2D eigenvalue weighted by Gasteiger charge is 2.17. The first-order chi connectivity index (χ1) is 9.15. The summed E-state index contributed by atoms with van der Waals surface area (Å²) in [7, 11) is 0. The SMILES string of the molecule is Nc1cc(Cl)ccc1C(=O)c1ccc2c(c1)COC2. The minimum absolute atomic E-state index is 0.0936. The summed E-state index contributed by atoms with van der Waals surface area (Å²) in [5.41, 5.74) is 9.55. The molecular weight excluding hydrogens is 262 g/mol. The van der Waals surface area contributed by atoms with Crippen LogP contribution in [0.4, 0.5) is 5.69 Å². The van der Waals surface area contributed by atoms with Gasteiger partial charge in [-0.15, -0.1) is 0 Å². The normalized spacial score (nSPS) is 13.3. The van der Waals surface area contributed by atoms with Gasteiger partial charge in [0.25, 0.3) is 0 Å². The van der Waals surface area contributed by atoms with E-state index >= 15 is 0 Å². The number of anilines is 1. The zero-order valence-corrected chi connectivity index (χ0v) is 10.9. The first-order valence-corrected chi connectivity index (χ1v) is 6.32. The van der Waals surface area contributed by atoms with E-state index < -0.39 is 0 Å². The summed E-state index contributed by atoms with van der Waals surface area (Å²) in [5, 5.41) is 0.524. The minimum Gasteiger partial charge on any atom is -0.398 e. The number of carbonyl (C=O) groups excluding carboxylic acids is 1.